The van der Waals surface area contributed by atoms with Gasteiger partial charge in [-0.2, -0.15) is 0 Å². The van der Waals surface area contributed by atoms with E-state index in [0.29, 0.717) is 0 Å². The molecule has 0 saturated heterocycles. The second kappa shape index (κ2) is 3.80. The topological polar surface area (TPSA) is 12.0 Å². The molecule has 0 radical (unpaired) electrons. The Morgan fingerprint density at radius 2 is 2.36 bits per heavy atom. The number of rotatable bonds is 2. The summed E-state index contributed by atoms with van der Waals surface area (Å²) in [5.74, 6) is 2.60. The normalized spacial score (nSPS) is 9.09. The number of nitrogens with one attached hydrogen (secondary N) is 1. The summed E-state index contributed by atoms with van der Waals surface area (Å²) in [4.78, 5) is 0. The van der Waals surface area contributed by atoms with Crippen molar-refractivity contribution < 1.29 is 0 Å². The monoisotopic (exact) mass is 145 g/mol. The van der Waals surface area contributed by atoms with E-state index in [9.17, 15) is 0 Å². The summed E-state index contributed by atoms with van der Waals surface area (Å²) < 4.78 is 0. The molecule has 0 amide bonds. The van der Waals surface area contributed by atoms with Crippen LogP contribution in [0.5, 0.6) is 0 Å². The zero-order valence-corrected chi connectivity index (χ0v) is 6.59. The average Bonchev–Trinajstić information content (AvgIpc) is 2.06. The fraction of sp³-hybridized carbons (Fsp3) is 0.200. The standard InChI is InChI=1S/C10H11N/c1-3-9-5-4-6-10(7-9)8-11-2/h1,4-7,11H,8H2,2H3. The lowest BCUT2D eigenvalue weighted by atomic mass is 10.1. The van der Waals surface area contributed by atoms with Gasteiger partial charge in [-0.1, -0.05) is 18.1 Å². The Bertz CT molecular complexity index is 270. The van der Waals surface area contributed by atoms with Crippen molar-refractivity contribution >= 4 is 0 Å². The predicted molar refractivity (Wildman–Crippen MR) is 47.1 cm³/mol. The van der Waals surface area contributed by atoms with Crippen LogP contribution in [0.2, 0.25) is 0 Å². The molecular formula is C10H11N. The minimum absolute atomic E-state index is 0.871. The van der Waals surface area contributed by atoms with Gasteiger partial charge in [-0.05, 0) is 24.7 Å². The summed E-state index contributed by atoms with van der Waals surface area (Å²) in [7, 11) is 1.92. The number of hydrogen-bond acceptors (Lipinski definition) is 1. The Morgan fingerprint density at radius 3 is 3.00 bits per heavy atom. The Morgan fingerprint density at radius 1 is 1.55 bits per heavy atom. The van der Waals surface area contributed by atoms with Gasteiger partial charge >= 0.3 is 0 Å². The molecule has 0 bridgehead atoms. The first-order valence-electron chi connectivity index (χ1n) is 3.57. The molecule has 0 heterocycles. The van der Waals surface area contributed by atoms with Gasteiger partial charge in [0.2, 0.25) is 0 Å². The summed E-state index contributed by atoms with van der Waals surface area (Å²) in [5, 5.41) is 3.07. The summed E-state index contributed by atoms with van der Waals surface area (Å²) in [6.07, 6.45) is 5.24. The lowest BCUT2D eigenvalue weighted by Crippen LogP contribution is -2.04. The van der Waals surface area contributed by atoms with E-state index in [4.69, 9.17) is 6.42 Å². The molecular weight excluding hydrogens is 134 g/mol. The van der Waals surface area contributed by atoms with E-state index in [-0.39, 0.29) is 0 Å². The van der Waals surface area contributed by atoms with E-state index < -0.39 is 0 Å². The second-order valence-electron chi connectivity index (χ2n) is 2.38. The molecule has 0 fully saturated rings. The fourth-order valence-corrected chi connectivity index (χ4v) is 0.975. The van der Waals surface area contributed by atoms with Crippen molar-refractivity contribution in [2.24, 2.45) is 0 Å². The Labute approximate surface area is 67.4 Å². The van der Waals surface area contributed by atoms with Crippen molar-refractivity contribution in [3.8, 4) is 12.3 Å². The number of hydrogen-bond donors (Lipinski definition) is 1. The zero-order chi connectivity index (χ0) is 8.10. The van der Waals surface area contributed by atoms with Crippen LogP contribution in [0.15, 0.2) is 24.3 Å². The van der Waals surface area contributed by atoms with Gasteiger partial charge in [0, 0.05) is 12.1 Å². The second-order valence-corrected chi connectivity index (χ2v) is 2.38. The molecule has 11 heavy (non-hydrogen) atoms. The molecule has 0 aliphatic rings. The SMILES string of the molecule is C#Cc1cccc(CNC)c1. The summed E-state index contributed by atoms with van der Waals surface area (Å²) in [5.41, 5.74) is 2.17. The maximum absolute atomic E-state index is 5.24. The van der Waals surface area contributed by atoms with Crippen LogP contribution in [-0.4, -0.2) is 7.05 Å². The van der Waals surface area contributed by atoms with Crippen molar-refractivity contribution in [3.63, 3.8) is 0 Å². The first-order valence-corrected chi connectivity index (χ1v) is 3.57. The van der Waals surface area contributed by atoms with E-state index in [2.05, 4.69) is 17.3 Å². The first kappa shape index (κ1) is 7.84. The molecule has 1 aromatic rings. The maximum Gasteiger partial charge on any atom is 0.0245 e. The largest absolute Gasteiger partial charge is 0.316 e. The molecule has 0 unspecified atom stereocenters. The van der Waals surface area contributed by atoms with E-state index in [1.807, 2.05) is 25.2 Å². The van der Waals surface area contributed by atoms with Crippen molar-refractivity contribution in [1.29, 1.82) is 0 Å². The number of benzene rings is 1. The highest BCUT2D eigenvalue weighted by Gasteiger charge is 1.90. The summed E-state index contributed by atoms with van der Waals surface area (Å²) in [6.45, 7) is 0.871. The third-order valence-corrected chi connectivity index (χ3v) is 1.47. The fourth-order valence-electron chi connectivity index (χ4n) is 0.975. The molecule has 0 aliphatic carbocycles. The highest BCUT2D eigenvalue weighted by atomic mass is 14.8. The minimum atomic E-state index is 0.871. The highest BCUT2D eigenvalue weighted by Crippen LogP contribution is 2.02. The third kappa shape index (κ3) is 2.10. The van der Waals surface area contributed by atoms with Crippen LogP contribution in [0, 0.1) is 12.3 Å². The van der Waals surface area contributed by atoms with Crippen LogP contribution in [-0.2, 0) is 6.54 Å². The van der Waals surface area contributed by atoms with E-state index in [1.54, 1.807) is 0 Å². The van der Waals surface area contributed by atoms with Gasteiger partial charge in [0.1, 0.15) is 0 Å². The van der Waals surface area contributed by atoms with Crippen LogP contribution in [0.25, 0.3) is 0 Å². The predicted octanol–water partition coefficient (Wildman–Crippen LogP) is 1.39. The molecule has 0 atom stereocenters. The van der Waals surface area contributed by atoms with Crippen molar-refractivity contribution in [3.05, 3.63) is 35.4 Å². The van der Waals surface area contributed by atoms with Crippen LogP contribution >= 0.6 is 0 Å². The molecule has 56 valence electrons. The van der Waals surface area contributed by atoms with Crippen molar-refractivity contribution in [2.45, 2.75) is 6.54 Å². The maximum atomic E-state index is 5.24. The lowest BCUT2D eigenvalue weighted by molar-refractivity contribution is 0.818. The number of terminal acetylenes is 1. The van der Waals surface area contributed by atoms with Crippen LogP contribution in [0.4, 0.5) is 0 Å². The van der Waals surface area contributed by atoms with Gasteiger partial charge in [-0.15, -0.1) is 6.42 Å². The molecule has 0 aliphatic heterocycles. The van der Waals surface area contributed by atoms with E-state index >= 15 is 0 Å². The average molecular weight is 145 g/mol. The summed E-state index contributed by atoms with van der Waals surface area (Å²) in [6, 6.07) is 7.97. The molecule has 1 heteroatoms. The third-order valence-electron chi connectivity index (χ3n) is 1.47. The molecule has 1 rings (SSSR count). The Kier molecular flexibility index (Phi) is 2.71. The quantitative estimate of drug-likeness (QED) is 0.620. The van der Waals surface area contributed by atoms with Gasteiger partial charge < -0.3 is 5.32 Å². The molecule has 0 spiro atoms. The Hall–Kier alpha value is -1.26. The minimum Gasteiger partial charge on any atom is -0.316 e. The van der Waals surface area contributed by atoms with E-state index in [1.165, 1.54) is 5.56 Å². The lowest BCUT2D eigenvalue weighted by Gasteiger charge is -1.98. The molecule has 1 nitrogen and oxygen atoms in total. The smallest absolute Gasteiger partial charge is 0.0245 e. The zero-order valence-electron chi connectivity index (χ0n) is 6.59. The van der Waals surface area contributed by atoms with Crippen molar-refractivity contribution in [2.75, 3.05) is 7.05 Å². The molecule has 0 saturated carbocycles. The van der Waals surface area contributed by atoms with Gasteiger partial charge in [-0.3, -0.25) is 0 Å². The Balaban J connectivity index is 2.85. The van der Waals surface area contributed by atoms with Crippen molar-refractivity contribution in [1.82, 2.24) is 5.32 Å². The van der Waals surface area contributed by atoms with Crippen LogP contribution in [0.1, 0.15) is 11.1 Å². The van der Waals surface area contributed by atoms with Gasteiger partial charge in [0.05, 0.1) is 0 Å². The highest BCUT2D eigenvalue weighted by molar-refractivity contribution is 5.35. The van der Waals surface area contributed by atoms with Crippen LogP contribution in [0.3, 0.4) is 0 Å². The first-order chi connectivity index (χ1) is 5.36. The van der Waals surface area contributed by atoms with Gasteiger partial charge in [0.15, 0.2) is 0 Å². The molecule has 1 N–H and O–H groups in total. The summed E-state index contributed by atoms with van der Waals surface area (Å²) >= 11 is 0. The molecule has 0 aromatic heterocycles. The molecule has 1 aromatic carbocycles. The van der Waals surface area contributed by atoms with Gasteiger partial charge in [0.25, 0.3) is 0 Å². The van der Waals surface area contributed by atoms with Gasteiger partial charge in [-0.25, -0.2) is 0 Å². The van der Waals surface area contributed by atoms with Crippen LogP contribution < -0.4 is 5.32 Å². The van der Waals surface area contributed by atoms with E-state index in [0.717, 1.165) is 12.1 Å².